The maximum atomic E-state index is 5.58. The zero-order valence-corrected chi connectivity index (χ0v) is 10.9. The van der Waals surface area contributed by atoms with Gasteiger partial charge in [0.15, 0.2) is 0 Å². The van der Waals surface area contributed by atoms with Gasteiger partial charge in [0.2, 0.25) is 11.7 Å². The molecule has 1 aromatic rings. The number of aromatic nitrogens is 2. The van der Waals surface area contributed by atoms with Crippen molar-refractivity contribution in [2.24, 2.45) is 0 Å². The van der Waals surface area contributed by atoms with Crippen LogP contribution in [-0.2, 0) is 4.74 Å². The summed E-state index contributed by atoms with van der Waals surface area (Å²) in [6.45, 7) is 0.821. The van der Waals surface area contributed by atoms with Crippen molar-refractivity contribution in [1.29, 1.82) is 0 Å². The maximum Gasteiger partial charge on any atom is 0.229 e. The first-order valence-electron chi connectivity index (χ1n) is 6.99. The molecule has 1 saturated heterocycles. The van der Waals surface area contributed by atoms with Gasteiger partial charge in [0, 0.05) is 18.6 Å². The molecule has 0 spiro atoms. The van der Waals surface area contributed by atoms with E-state index < -0.39 is 0 Å². The number of ether oxygens (including phenoxy) is 1. The fourth-order valence-corrected chi connectivity index (χ4v) is 2.95. The lowest BCUT2D eigenvalue weighted by Crippen LogP contribution is -2.29. The molecule has 5 nitrogen and oxygen atoms in total. The summed E-state index contributed by atoms with van der Waals surface area (Å²) in [5, 5.41) is 7.43. The Labute approximate surface area is 107 Å². The van der Waals surface area contributed by atoms with Gasteiger partial charge in [-0.05, 0) is 45.6 Å². The Balaban J connectivity index is 1.62. The number of hydrogen-bond donors (Lipinski definition) is 1. The van der Waals surface area contributed by atoms with Gasteiger partial charge in [0.1, 0.15) is 6.10 Å². The van der Waals surface area contributed by atoms with E-state index in [9.17, 15) is 0 Å². The lowest BCUT2D eigenvalue weighted by atomic mass is 9.86. The minimum Gasteiger partial charge on any atom is -0.370 e. The topological polar surface area (TPSA) is 60.2 Å². The summed E-state index contributed by atoms with van der Waals surface area (Å²) in [5.74, 6) is 2.01. The maximum absolute atomic E-state index is 5.58. The van der Waals surface area contributed by atoms with E-state index in [2.05, 4.69) is 15.5 Å². The molecule has 3 rings (SSSR count). The molecule has 1 N–H and O–H groups in total. The van der Waals surface area contributed by atoms with Gasteiger partial charge in [-0.3, -0.25) is 0 Å². The minimum atomic E-state index is 0.0659. The molecule has 1 saturated carbocycles. The van der Waals surface area contributed by atoms with Crippen molar-refractivity contribution in [3.8, 4) is 0 Å². The first kappa shape index (κ1) is 12.1. The van der Waals surface area contributed by atoms with Crippen molar-refractivity contribution in [1.82, 2.24) is 15.5 Å². The summed E-state index contributed by atoms with van der Waals surface area (Å²) in [7, 11) is 2.03. The molecule has 0 amide bonds. The fourth-order valence-electron chi connectivity index (χ4n) is 2.95. The molecule has 2 aliphatic rings. The highest BCUT2D eigenvalue weighted by Crippen LogP contribution is 2.33. The zero-order chi connectivity index (χ0) is 12.4. The van der Waals surface area contributed by atoms with Crippen LogP contribution in [0.3, 0.4) is 0 Å². The minimum absolute atomic E-state index is 0.0659. The van der Waals surface area contributed by atoms with Gasteiger partial charge in [-0.25, -0.2) is 0 Å². The lowest BCUT2D eigenvalue weighted by molar-refractivity contribution is 0.103. The van der Waals surface area contributed by atoms with E-state index in [1.807, 2.05) is 7.05 Å². The second-order valence-corrected chi connectivity index (χ2v) is 5.33. The van der Waals surface area contributed by atoms with Crippen molar-refractivity contribution >= 4 is 0 Å². The summed E-state index contributed by atoms with van der Waals surface area (Å²) in [4.78, 5) is 4.54. The molecule has 1 atom stereocenters. The van der Waals surface area contributed by atoms with E-state index in [1.54, 1.807) is 0 Å². The quantitative estimate of drug-likeness (QED) is 0.892. The van der Waals surface area contributed by atoms with Gasteiger partial charge in [-0.1, -0.05) is 5.16 Å². The van der Waals surface area contributed by atoms with Crippen molar-refractivity contribution < 1.29 is 9.26 Å². The second kappa shape index (κ2) is 5.36. The van der Waals surface area contributed by atoms with E-state index >= 15 is 0 Å². The molecule has 0 aromatic carbocycles. The highest BCUT2D eigenvalue weighted by atomic mass is 16.5. The van der Waals surface area contributed by atoms with Gasteiger partial charge < -0.3 is 14.6 Å². The third-order valence-electron chi connectivity index (χ3n) is 4.16. The van der Waals surface area contributed by atoms with Crippen molar-refractivity contribution in [3.63, 3.8) is 0 Å². The van der Waals surface area contributed by atoms with Crippen LogP contribution in [0.5, 0.6) is 0 Å². The van der Waals surface area contributed by atoms with E-state index in [-0.39, 0.29) is 6.10 Å². The van der Waals surface area contributed by atoms with Gasteiger partial charge in [-0.15, -0.1) is 0 Å². The highest BCUT2D eigenvalue weighted by Gasteiger charge is 2.28. The van der Waals surface area contributed by atoms with Crippen LogP contribution in [-0.4, -0.2) is 29.8 Å². The second-order valence-electron chi connectivity index (χ2n) is 5.33. The molecule has 1 aliphatic heterocycles. The molecular weight excluding hydrogens is 230 g/mol. The van der Waals surface area contributed by atoms with Crippen LogP contribution in [0.1, 0.15) is 62.3 Å². The molecule has 1 unspecified atom stereocenters. The number of rotatable bonds is 3. The molecule has 1 aliphatic carbocycles. The molecule has 100 valence electrons. The molecular formula is C13H21N3O2. The predicted molar refractivity (Wildman–Crippen MR) is 66.3 cm³/mol. The van der Waals surface area contributed by atoms with Crippen LogP contribution in [0.2, 0.25) is 0 Å². The zero-order valence-electron chi connectivity index (χ0n) is 10.9. The Kier molecular flexibility index (Phi) is 3.61. The van der Waals surface area contributed by atoms with Crippen molar-refractivity contribution in [2.75, 3.05) is 13.7 Å². The third kappa shape index (κ3) is 2.42. The normalized spacial score (nSPS) is 32.8. The van der Waals surface area contributed by atoms with Crippen molar-refractivity contribution in [2.45, 2.75) is 56.6 Å². The average Bonchev–Trinajstić information content (AvgIpc) is 3.09. The van der Waals surface area contributed by atoms with Crippen LogP contribution in [0.4, 0.5) is 0 Å². The number of hydrogen-bond acceptors (Lipinski definition) is 5. The van der Waals surface area contributed by atoms with E-state index in [4.69, 9.17) is 9.26 Å². The van der Waals surface area contributed by atoms with Crippen LogP contribution < -0.4 is 5.32 Å². The summed E-state index contributed by atoms with van der Waals surface area (Å²) in [5.41, 5.74) is 0. The standard InChI is InChI=1S/C13H21N3O2/c1-14-10-6-4-9(5-7-10)13-15-12(16-18-13)11-3-2-8-17-11/h9-11,14H,2-8H2,1H3. The third-order valence-corrected chi connectivity index (χ3v) is 4.16. The number of nitrogens with zero attached hydrogens (tertiary/aromatic N) is 2. The van der Waals surface area contributed by atoms with E-state index in [0.29, 0.717) is 12.0 Å². The first-order valence-corrected chi connectivity index (χ1v) is 6.99. The predicted octanol–water partition coefficient (Wildman–Crippen LogP) is 2.17. The van der Waals surface area contributed by atoms with Gasteiger partial charge in [0.05, 0.1) is 0 Å². The van der Waals surface area contributed by atoms with Crippen LogP contribution in [0.15, 0.2) is 4.52 Å². The highest BCUT2D eigenvalue weighted by molar-refractivity contribution is 4.99. The molecule has 18 heavy (non-hydrogen) atoms. The summed E-state index contributed by atoms with van der Waals surface area (Å²) in [6.07, 6.45) is 6.85. The smallest absolute Gasteiger partial charge is 0.229 e. The SMILES string of the molecule is CNC1CCC(c2nc(C3CCCO3)no2)CC1. The van der Waals surface area contributed by atoms with Gasteiger partial charge >= 0.3 is 0 Å². The Hall–Kier alpha value is -0.940. The largest absolute Gasteiger partial charge is 0.370 e. The summed E-state index contributed by atoms with van der Waals surface area (Å²) >= 11 is 0. The molecule has 0 bridgehead atoms. The van der Waals surface area contributed by atoms with Crippen molar-refractivity contribution in [3.05, 3.63) is 11.7 Å². The fraction of sp³-hybridized carbons (Fsp3) is 0.846. The van der Waals surface area contributed by atoms with E-state index in [1.165, 1.54) is 12.8 Å². The van der Waals surface area contributed by atoms with Crippen LogP contribution >= 0.6 is 0 Å². The lowest BCUT2D eigenvalue weighted by Gasteiger charge is -2.25. The molecule has 2 fully saturated rings. The monoisotopic (exact) mass is 251 g/mol. The Morgan fingerprint density at radius 3 is 2.67 bits per heavy atom. The molecule has 1 aromatic heterocycles. The van der Waals surface area contributed by atoms with Crippen LogP contribution in [0.25, 0.3) is 0 Å². The first-order chi connectivity index (χ1) is 8.86. The summed E-state index contributed by atoms with van der Waals surface area (Å²) in [6, 6.07) is 0.654. The molecule has 0 radical (unpaired) electrons. The van der Waals surface area contributed by atoms with Crippen LogP contribution in [0, 0.1) is 0 Å². The molecule has 2 heterocycles. The van der Waals surface area contributed by atoms with E-state index in [0.717, 1.165) is 44.0 Å². The Morgan fingerprint density at radius 1 is 1.17 bits per heavy atom. The molecule has 5 heteroatoms. The Bertz CT molecular complexity index is 379. The Morgan fingerprint density at radius 2 is 2.00 bits per heavy atom. The van der Waals surface area contributed by atoms with Gasteiger partial charge in [0.25, 0.3) is 0 Å². The average molecular weight is 251 g/mol. The van der Waals surface area contributed by atoms with Gasteiger partial charge in [-0.2, -0.15) is 4.98 Å². The summed E-state index contributed by atoms with van der Waals surface area (Å²) < 4.78 is 11.0. The number of nitrogens with one attached hydrogen (secondary N) is 1.